The summed E-state index contributed by atoms with van der Waals surface area (Å²) in [5, 5.41) is 0. The molecule has 0 N–H and O–H groups in total. The van der Waals surface area contributed by atoms with Crippen molar-refractivity contribution in [1.29, 1.82) is 0 Å². The molecule has 0 saturated heterocycles. The van der Waals surface area contributed by atoms with E-state index in [1.165, 1.54) is 0 Å². The standard InChI is InChI=1S/C12H16N2O/c1-8(2)14-10-9(6-5-7-13-10)12(3,4)11(14)15/h5-8H,1-4H3. The molecule has 0 atom stereocenters. The number of hydrogen-bond acceptors (Lipinski definition) is 2. The summed E-state index contributed by atoms with van der Waals surface area (Å²) in [6.45, 7) is 7.94. The average molecular weight is 204 g/mol. The van der Waals surface area contributed by atoms with Crippen LogP contribution in [0.5, 0.6) is 0 Å². The number of rotatable bonds is 1. The Bertz CT molecular complexity index is 410. The zero-order valence-corrected chi connectivity index (χ0v) is 9.61. The Hall–Kier alpha value is -1.38. The Morgan fingerprint density at radius 2 is 2.07 bits per heavy atom. The molecule has 0 spiro atoms. The second kappa shape index (κ2) is 3.05. The average Bonchev–Trinajstić information content (AvgIpc) is 2.36. The van der Waals surface area contributed by atoms with E-state index in [0.29, 0.717) is 0 Å². The summed E-state index contributed by atoms with van der Waals surface area (Å²) >= 11 is 0. The van der Waals surface area contributed by atoms with Gasteiger partial charge in [0.1, 0.15) is 5.82 Å². The monoisotopic (exact) mass is 204 g/mol. The van der Waals surface area contributed by atoms with E-state index >= 15 is 0 Å². The minimum atomic E-state index is -0.437. The van der Waals surface area contributed by atoms with Crippen molar-refractivity contribution in [2.75, 3.05) is 4.90 Å². The fourth-order valence-electron chi connectivity index (χ4n) is 2.07. The Morgan fingerprint density at radius 1 is 1.40 bits per heavy atom. The molecule has 0 radical (unpaired) electrons. The molecule has 80 valence electrons. The van der Waals surface area contributed by atoms with E-state index in [1.807, 2.05) is 39.8 Å². The van der Waals surface area contributed by atoms with Crippen LogP contribution in [0, 0.1) is 0 Å². The van der Waals surface area contributed by atoms with Crippen LogP contribution in [-0.4, -0.2) is 16.9 Å². The van der Waals surface area contributed by atoms with Crippen LogP contribution in [0.3, 0.4) is 0 Å². The number of hydrogen-bond donors (Lipinski definition) is 0. The first-order chi connectivity index (χ1) is 6.96. The summed E-state index contributed by atoms with van der Waals surface area (Å²) in [5.74, 6) is 0.966. The molecule has 2 rings (SSSR count). The largest absolute Gasteiger partial charge is 0.293 e. The van der Waals surface area contributed by atoms with Crippen molar-refractivity contribution in [2.45, 2.75) is 39.2 Å². The van der Waals surface area contributed by atoms with Gasteiger partial charge in [-0.3, -0.25) is 9.69 Å². The van der Waals surface area contributed by atoms with E-state index in [1.54, 1.807) is 11.1 Å². The van der Waals surface area contributed by atoms with Gasteiger partial charge in [-0.05, 0) is 33.8 Å². The van der Waals surface area contributed by atoms with Gasteiger partial charge >= 0.3 is 0 Å². The van der Waals surface area contributed by atoms with Gasteiger partial charge in [0, 0.05) is 17.8 Å². The van der Waals surface area contributed by atoms with Crippen LogP contribution in [0.1, 0.15) is 33.3 Å². The van der Waals surface area contributed by atoms with Crippen LogP contribution in [-0.2, 0) is 10.2 Å². The van der Waals surface area contributed by atoms with E-state index < -0.39 is 5.41 Å². The molecular weight excluding hydrogens is 188 g/mol. The number of aromatic nitrogens is 1. The molecule has 3 nitrogen and oxygen atoms in total. The van der Waals surface area contributed by atoms with Crippen LogP contribution in [0.25, 0.3) is 0 Å². The van der Waals surface area contributed by atoms with Crippen molar-refractivity contribution < 1.29 is 4.79 Å². The van der Waals surface area contributed by atoms with Gasteiger partial charge in [0.25, 0.3) is 0 Å². The van der Waals surface area contributed by atoms with Crippen molar-refractivity contribution in [3.05, 3.63) is 23.9 Å². The maximum absolute atomic E-state index is 12.2. The van der Waals surface area contributed by atoms with Gasteiger partial charge < -0.3 is 0 Å². The van der Waals surface area contributed by atoms with E-state index in [0.717, 1.165) is 11.4 Å². The minimum Gasteiger partial charge on any atom is -0.293 e. The van der Waals surface area contributed by atoms with Crippen LogP contribution in [0.15, 0.2) is 18.3 Å². The van der Waals surface area contributed by atoms with Gasteiger partial charge in [-0.25, -0.2) is 4.98 Å². The molecule has 15 heavy (non-hydrogen) atoms. The lowest BCUT2D eigenvalue weighted by molar-refractivity contribution is -0.122. The van der Waals surface area contributed by atoms with E-state index in [9.17, 15) is 4.79 Å². The van der Waals surface area contributed by atoms with Crippen molar-refractivity contribution in [3.63, 3.8) is 0 Å². The summed E-state index contributed by atoms with van der Waals surface area (Å²) in [6, 6.07) is 4.04. The number of nitrogens with zero attached hydrogens (tertiary/aromatic N) is 2. The first-order valence-electron chi connectivity index (χ1n) is 5.25. The molecule has 1 aromatic heterocycles. The maximum Gasteiger partial charge on any atom is 0.238 e. The highest BCUT2D eigenvalue weighted by Crippen LogP contribution is 2.40. The summed E-state index contributed by atoms with van der Waals surface area (Å²) in [6.07, 6.45) is 1.74. The summed E-state index contributed by atoms with van der Waals surface area (Å²) in [5.41, 5.74) is 0.595. The molecule has 1 amide bonds. The van der Waals surface area contributed by atoms with E-state index in [4.69, 9.17) is 0 Å². The number of carbonyl (C=O) groups is 1. The normalized spacial score (nSPS) is 18.5. The zero-order chi connectivity index (χ0) is 11.2. The lowest BCUT2D eigenvalue weighted by Crippen LogP contribution is -2.40. The van der Waals surface area contributed by atoms with Crippen LogP contribution in [0.4, 0.5) is 5.82 Å². The van der Waals surface area contributed by atoms with Crippen molar-refractivity contribution >= 4 is 11.7 Å². The highest BCUT2D eigenvalue weighted by atomic mass is 16.2. The first-order valence-corrected chi connectivity index (χ1v) is 5.25. The first kappa shape index (κ1) is 10.1. The molecule has 1 aromatic rings. The minimum absolute atomic E-state index is 0.145. The van der Waals surface area contributed by atoms with Gasteiger partial charge in [0.2, 0.25) is 5.91 Å². The molecule has 1 aliphatic rings. The quantitative estimate of drug-likeness (QED) is 0.702. The summed E-state index contributed by atoms with van der Waals surface area (Å²) < 4.78 is 0. The molecule has 1 aliphatic heterocycles. The molecule has 0 fully saturated rings. The molecule has 0 aromatic carbocycles. The highest BCUT2D eigenvalue weighted by Gasteiger charge is 2.45. The number of pyridine rings is 1. The lowest BCUT2D eigenvalue weighted by Gasteiger charge is -2.23. The van der Waals surface area contributed by atoms with Crippen LogP contribution in [0.2, 0.25) is 0 Å². The van der Waals surface area contributed by atoms with Gasteiger partial charge in [-0.2, -0.15) is 0 Å². The van der Waals surface area contributed by atoms with Gasteiger partial charge in [-0.1, -0.05) is 6.07 Å². The predicted octanol–water partition coefficient (Wildman–Crippen LogP) is 2.11. The molecule has 0 unspecified atom stereocenters. The molecular formula is C12H16N2O. The fourth-order valence-corrected chi connectivity index (χ4v) is 2.07. The lowest BCUT2D eigenvalue weighted by atomic mass is 9.87. The third kappa shape index (κ3) is 1.26. The highest BCUT2D eigenvalue weighted by molar-refractivity contribution is 6.06. The third-order valence-corrected chi connectivity index (χ3v) is 2.96. The molecule has 2 heterocycles. The maximum atomic E-state index is 12.2. The number of carbonyl (C=O) groups excluding carboxylic acids is 1. The SMILES string of the molecule is CC(C)N1C(=O)C(C)(C)c2cccnc21. The topological polar surface area (TPSA) is 33.2 Å². The van der Waals surface area contributed by atoms with Crippen LogP contribution < -0.4 is 4.90 Å². The molecule has 3 heteroatoms. The van der Waals surface area contributed by atoms with Crippen LogP contribution >= 0.6 is 0 Å². The second-order valence-electron chi connectivity index (χ2n) is 4.77. The van der Waals surface area contributed by atoms with Crippen molar-refractivity contribution in [1.82, 2.24) is 4.98 Å². The van der Waals surface area contributed by atoms with Crippen molar-refractivity contribution in [2.24, 2.45) is 0 Å². The summed E-state index contributed by atoms with van der Waals surface area (Å²) in [4.78, 5) is 18.3. The third-order valence-electron chi connectivity index (χ3n) is 2.96. The van der Waals surface area contributed by atoms with Crippen molar-refractivity contribution in [3.8, 4) is 0 Å². The Morgan fingerprint density at radius 3 is 2.67 bits per heavy atom. The molecule has 0 aliphatic carbocycles. The number of fused-ring (bicyclic) bond motifs is 1. The predicted molar refractivity (Wildman–Crippen MR) is 59.9 cm³/mol. The Kier molecular flexibility index (Phi) is 2.07. The smallest absolute Gasteiger partial charge is 0.238 e. The van der Waals surface area contributed by atoms with Gasteiger partial charge in [0.15, 0.2) is 0 Å². The van der Waals surface area contributed by atoms with Gasteiger partial charge in [0.05, 0.1) is 5.41 Å². The Balaban J connectivity index is 2.62. The summed E-state index contributed by atoms with van der Waals surface area (Å²) in [7, 11) is 0. The van der Waals surface area contributed by atoms with E-state index in [-0.39, 0.29) is 11.9 Å². The molecule has 0 saturated carbocycles. The van der Waals surface area contributed by atoms with E-state index in [2.05, 4.69) is 4.98 Å². The number of amides is 1. The number of anilines is 1. The Labute approximate surface area is 90.1 Å². The zero-order valence-electron chi connectivity index (χ0n) is 9.61. The second-order valence-corrected chi connectivity index (χ2v) is 4.77. The molecule has 0 bridgehead atoms. The van der Waals surface area contributed by atoms with Gasteiger partial charge in [-0.15, -0.1) is 0 Å². The fraction of sp³-hybridized carbons (Fsp3) is 0.500.